The number of rotatable bonds is 2. The lowest BCUT2D eigenvalue weighted by atomic mass is 9.91. The first kappa shape index (κ1) is 14.9. The number of nitrogens with zero attached hydrogens (tertiary/aromatic N) is 1. The van der Waals surface area contributed by atoms with Crippen LogP contribution in [-0.2, 0) is 0 Å². The second-order valence-corrected chi connectivity index (χ2v) is 4.72. The molecule has 1 aromatic rings. The maximum absolute atomic E-state index is 12.0. The Morgan fingerprint density at radius 3 is 2.72 bits per heavy atom. The fourth-order valence-corrected chi connectivity index (χ4v) is 2.19. The van der Waals surface area contributed by atoms with E-state index in [9.17, 15) is 4.79 Å². The first-order valence-corrected chi connectivity index (χ1v) is 6.16. The van der Waals surface area contributed by atoms with Crippen LogP contribution in [0.5, 0.6) is 0 Å². The van der Waals surface area contributed by atoms with E-state index in [1.54, 1.807) is 12.3 Å². The first-order valence-electron chi connectivity index (χ1n) is 6.16. The fourth-order valence-electron chi connectivity index (χ4n) is 2.19. The quantitative estimate of drug-likeness (QED) is 0.860. The molecule has 1 aliphatic rings. The van der Waals surface area contributed by atoms with Crippen LogP contribution in [0.2, 0.25) is 0 Å². The van der Waals surface area contributed by atoms with Gasteiger partial charge in [0.25, 0.3) is 5.91 Å². The van der Waals surface area contributed by atoms with Crippen molar-refractivity contribution in [3.8, 4) is 0 Å². The Hall–Kier alpha value is -1.13. The highest BCUT2D eigenvalue weighted by molar-refractivity contribution is 5.94. The summed E-state index contributed by atoms with van der Waals surface area (Å²) in [4.78, 5) is 16.1. The Kier molecular flexibility index (Phi) is 5.56. The smallest absolute Gasteiger partial charge is 0.253 e. The number of aromatic nitrogens is 1. The van der Waals surface area contributed by atoms with Crippen LogP contribution in [0.15, 0.2) is 18.3 Å². The zero-order chi connectivity index (χ0) is 12.3. The molecule has 2 rings (SSSR count). The van der Waals surface area contributed by atoms with Gasteiger partial charge in [0.2, 0.25) is 0 Å². The topological polar surface area (TPSA) is 68.0 Å². The molecule has 1 aromatic heterocycles. The van der Waals surface area contributed by atoms with Crippen molar-refractivity contribution in [2.24, 2.45) is 5.73 Å². The predicted octanol–water partition coefficient (Wildman–Crippen LogP) is 1.81. The van der Waals surface area contributed by atoms with Crippen LogP contribution >= 0.6 is 12.4 Å². The summed E-state index contributed by atoms with van der Waals surface area (Å²) in [5, 5.41) is 3.00. The van der Waals surface area contributed by atoms with Gasteiger partial charge in [-0.15, -0.1) is 12.4 Å². The highest BCUT2D eigenvalue weighted by atomic mass is 35.5. The van der Waals surface area contributed by atoms with E-state index in [1.807, 2.05) is 13.0 Å². The second kappa shape index (κ2) is 6.71. The van der Waals surface area contributed by atoms with Crippen molar-refractivity contribution < 1.29 is 4.79 Å². The molecule has 0 aliphatic heterocycles. The summed E-state index contributed by atoms with van der Waals surface area (Å²) in [6.07, 6.45) is 5.90. The van der Waals surface area contributed by atoms with Crippen LogP contribution < -0.4 is 11.1 Å². The van der Waals surface area contributed by atoms with E-state index in [0.29, 0.717) is 5.56 Å². The summed E-state index contributed by atoms with van der Waals surface area (Å²) in [5.41, 5.74) is 7.52. The monoisotopic (exact) mass is 269 g/mol. The molecule has 1 heterocycles. The molecule has 1 amide bonds. The third kappa shape index (κ3) is 3.68. The van der Waals surface area contributed by atoms with Gasteiger partial charge in [-0.25, -0.2) is 0 Å². The van der Waals surface area contributed by atoms with Crippen LogP contribution in [0.4, 0.5) is 0 Å². The third-order valence-corrected chi connectivity index (χ3v) is 3.31. The van der Waals surface area contributed by atoms with E-state index in [4.69, 9.17) is 5.73 Å². The summed E-state index contributed by atoms with van der Waals surface area (Å²) in [6, 6.07) is 3.84. The Labute approximate surface area is 114 Å². The zero-order valence-corrected chi connectivity index (χ0v) is 11.4. The molecule has 0 saturated heterocycles. The van der Waals surface area contributed by atoms with Gasteiger partial charge < -0.3 is 11.1 Å². The molecule has 0 aromatic carbocycles. The molecule has 0 unspecified atom stereocenters. The standard InChI is InChI=1S/C13H19N3O.ClH/c1-9-6-7-10(8-15-9)13(17)16-12-5-3-2-4-11(12)14;/h6-8,11-12H,2-5,14H2,1H3,(H,16,17);1H/t11-,12-;/m1./s1. The largest absolute Gasteiger partial charge is 0.348 e. The summed E-state index contributed by atoms with van der Waals surface area (Å²) < 4.78 is 0. The maximum Gasteiger partial charge on any atom is 0.253 e. The number of nitrogens with one attached hydrogen (secondary N) is 1. The number of halogens is 1. The summed E-state index contributed by atoms with van der Waals surface area (Å²) in [7, 11) is 0. The number of hydrogen-bond acceptors (Lipinski definition) is 3. The third-order valence-electron chi connectivity index (χ3n) is 3.31. The lowest BCUT2D eigenvalue weighted by molar-refractivity contribution is 0.0921. The van der Waals surface area contributed by atoms with Crippen molar-refractivity contribution in [3.63, 3.8) is 0 Å². The molecule has 18 heavy (non-hydrogen) atoms. The van der Waals surface area contributed by atoms with Gasteiger partial charge >= 0.3 is 0 Å². The van der Waals surface area contributed by atoms with Gasteiger partial charge in [-0.05, 0) is 31.9 Å². The van der Waals surface area contributed by atoms with Crippen molar-refractivity contribution in [2.75, 3.05) is 0 Å². The van der Waals surface area contributed by atoms with Crippen molar-refractivity contribution in [1.29, 1.82) is 0 Å². The zero-order valence-electron chi connectivity index (χ0n) is 10.6. The molecule has 1 fully saturated rings. The Morgan fingerprint density at radius 2 is 2.11 bits per heavy atom. The molecule has 2 atom stereocenters. The average Bonchev–Trinajstić information content (AvgIpc) is 2.33. The minimum Gasteiger partial charge on any atom is -0.348 e. The Balaban J connectivity index is 0.00000162. The molecule has 1 aliphatic carbocycles. The molecule has 0 spiro atoms. The number of amides is 1. The van der Waals surface area contributed by atoms with Crippen LogP contribution in [0.3, 0.4) is 0 Å². The molecule has 100 valence electrons. The van der Waals surface area contributed by atoms with Crippen LogP contribution in [-0.4, -0.2) is 23.0 Å². The summed E-state index contributed by atoms with van der Waals surface area (Å²) >= 11 is 0. The normalized spacial score (nSPS) is 23.0. The molecule has 5 heteroatoms. The maximum atomic E-state index is 12.0. The number of pyridine rings is 1. The van der Waals surface area contributed by atoms with E-state index in [2.05, 4.69) is 10.3 Å². The predicted molar refractivity (Wildman–Crippen MR) is 73.9 cm³/mol. The lowest BCUT2D eigenvalue weighted by Gasteiger charge is -2.29. The summed E-state index contributed by atoms with van der Waals surface area (Å²) in [5.74, 6) is -0.0696. The fraction of sp³-hybridized carbons (Fsp3) is 0.538. The van der Waals surface area contributed by atoms with Gasteiger partial charge in [0.05, 0.1) is 5.56 Å². The van der Waals surface area contributed by atoms with Crippen LogP contribution in [0.1, 0.15) is 41.7 Å². The number of hydrogen-bond donors (Lipinski definition) is 2. The highest BCUT2D eigenvalue weighted by Gasteiger charge is 2.23. The van der Waals surface area contributed by atoms with E-state index >= 15 is 0 Å². The number of aryl methyl sites for hydroxylation is 1. The molecule has 4 nitrogen and oxygen atoms in total. The highest BCUT2D eigenvalue weighted by Crippen LogP contribution is 2.17. The number of carbonyl (C=O) groups is 1. The van der Waals surface area contributed by atoms with E-state index in [0.717, 1.165) is 25.0 Å². The summed E-state index contributed by atoms with van der Waals surface area (Å²) in [6.45, 7) is 1.90. The van der Waals surface area contributed by atoms with Gasteiger partial charge in [0, 0.05) is 24.0 Å². The van der Waals surface area contributed by atoms with Crippen molar-refractivity contribution in [1.82, 2.24) is 10.3 Å². The lowest BCUT2D eigenvalue weighted by Crippen LogP contribution is -2.49. The number of nitrogens with two attached hydrogens (primary N) is 1. The Bertz CT molecular complexity index is 394. The van der Waals surface area contributed by atoms with Gasteiger partial charge in [-0.1, -0.05) is 12.8 Å². The number of carbonyl (C=O) groups excluding carboxylic acids is 1. The second-order valence-electron chi connectivity index (χ2n) is 4.72. The van der Waals surface area contributed by atoms with Gasteiger partial charge in [-0.2, -0.15) is 0 Å². The van der Waals surface area contributed by atoms with Crippen molar-refractivity contribution in [2.45, 2.75) is 44.7 Å². The molecule has 3 N–H and O–H groups in total. The molecule has 0 radical (unpaired) electrons. The van der Waals surface area contributed by atoms with E-state index in [1.165, 1.54) is 6.42 Å². The minimum absolute atomic E-state index is 0. The SMILES string of the molecule is Cc1ccc(C(=O)N[C@@H]2CCCC[C@H]2N)cn1.Cl. The van der Waals surface area contributed by atoms with Crippen LogP contribution in [0.25, 0.3) is 0 Å². The molecular weight excluding hydrogens is 250 g/mol. The van der Waals surface area contributed by atoms with E-state index in [-0.39, 0.29) is 30.4 Å². The molecule has 1 saturated carbocycles. The van der Waals surface area contributed by atoms with Crippen molar-refractivity contribution >= 4 is 18.3 Å². The van der Waals surface area contributed by atoms with Crippen LogP contribution in [0, 0.1) is 6.92 Å². The van der Waals surface area contributed by atoms with Crippen molar-refractivity contribution in [3.05, 3.63) is 29.6 Å². The van der Waals surface area contributed by atoms with Gasteiger partial charge in [-0.3, -0.25) is 9.78 Å². The first-order chi connectivity index (χ1) is 8.16. The minimum atomic E-state index is -0.0696. The van der Waals surface area contributed by atoms with Gasteiger partial charge in [0.15, 0.2) is 0 Å². The van der Waals surface area contributed by atoms with E-state index < -0.39 is 0 Å². The Morgan fingerprint density at radius 1 is 1.39 bits per heavy atom. The average molecular weight is 270 g/mol. The molecule has 0 bridgehead atoms. The van der Waals surface area contributed by atoms with Gasteiger partial charge in [0.1, 0.15) is 0 Å². The molecular formula is C13H20ClN3O.